The molecule has 0 heterocycles. The molecular weight excluding hydrogens is 262 g/mol. The highest BCUT2D eigenvalue weighted by atomic mass is 16.4. The second-order valence-corrected chi connectivity index (χ2v) is 5.20. The maximum absolute atomic E-state index is 11.5. The molecule has 1 aliphatic rings. The standard InChI is InChI=1S/C13H21N3O4/c1-8(2)6-14-11(17)7-15-13(20)16-10-4-3-9(5-10)12(18)19/h3-4,8-10H,5-7H2,1-2H3,(H,14,17)(H,18,19)(H2,15,16,20). The third kappa shape index (κ3) is 5.73. The van der Waals surface area contributed by atoms with Crippen LogP contribution in [0, 0.1) is 11.8 Å². The zero-order valence-corrected chi connectivity index (χ0v) is 11.7. The van der Waals surface area contributed by atoms with Gasteiger partial charge in [0.05, 0.1) is 18.5 Å². The number of hydrogen-bond acceptors (Lipinski definition) is 3. The zero-order chi connectivity index (χ0) is 15.1. The van der Waals surface area contributed by atoms with Gasteiger partial charge in [-0.1, -0.05) is 26.0 Å². The Labute approximate surface area is 117 Å². The molecule has 7 nitrogen and oxygen atoms in total. The van der Waals surface area contributed by atoms with E-state index < -0.39 is 17.9 Å². The minimum absolute atomic E-state index is 0.0999. The summed E-state index contributed by atoms with van der Waals surface area (Å²) in [5, 5.41) is 16.5. The van der Waals surface area contributed by atoms with Gasteiger partial charge in [0.25, 0.3) is 0 Å². The minimum atomic E-state index is -0.904. The first-order valence-corrected chi connectivity index (χ1v) is 6.60. The summed E-state index contributed by atoms with van der Waals surface area (Å²) in [7, 11) is 0. The molecule has 1 rings (SSSR count). The maximum Gasteiger partial charge on any atom is 0.315 e. The normalized spacial score (nSPS) is 20.8. The van der Waals surface area contributed by atoms with E-state index in [0.717, 1.165) is 0 Å². The van der Waals surface area contributed by atoms with E-state index in [1.165, 1.54) is 0 Å². The molecule has 0 bridgehead atoms. The van der Waals surface area contributed by atoms with Gasteiger partial charge >= 0.3 is 12.0 Å². The number of carboxylic acids is 1. The van der Waals surface area contributed by atoms with Gasteiger partial charge in [-0.3, -0.25) is 9.59 Å². The van der Waals surface area contributed by atoms with Gasteiger partial charge in [0, 0.05) is 6.54 Å². The number of rotatable bonds is 6. The van der Waals surface area contributed by atoms with Gasteiger partial charge in [-0.05, 0) is 12.3 Å². The van der Waals surface area contributed by atoms with Gasteiger partial charge in [-0.15, -0.1) is 0 Å². The van der Waals surface area contributed by atoms with Crippen LogP contribution in [0.5, 0.6) is 0 Å². The highest BCUT2D eigenvalue weighted by Crippen LogP contribution is 2.17. The van der Waals surface area contributed by atoms with Crippen LogP contribution < -0.4 is 16.0 Å². The molecule has 0 saturated carbocycles. The van der Waals surface area contributed by atoms with Crippen molar-refractivity contribution in [2.24, 2.45) is 11.8 Å². The Morgan fingerprint density at radius 2 is 1.95 bits per heavy atom. The molecule has 4 N–H and O–H groups in total. The summed E-state index contributed by atoms with van der Waals surface area (Å²) in [6.45, 7) is 4.42. The molecule has 0 saturated heterocycles. The fourth-order valence-electron chi connectivity index (χ4n) is 1.75. The van der Waals surface area contributed by atoms with Crippen LogP contribution >= 0.6 is 0 Å². The van der Waals surface area contributed by atoms with Crippen LogP contribution in [-0.2, 0) is 9.59 Å². The van der Waals surface area contributed by atoms with Crippen molar-refractivity contribution in [1.29, 1.82) is 0 Å². The van der Waals surface area contributed by atoms with E-state index >= 15 is 0 Å². The van der Waals surface area contributed by atoms with E-state index in [1.54, 1.807) is 12.2 Å². The third-order valence-corrected chi connectivity index (χ3v) is 2.83. The van der Waals surface area contributed by atoms with Crippen molar-refractivity contribution in [2.75, 3.05) is 13.1 Å². The molecular formula is C13H21N3O4. The number of carboxylic acid groups (broad SMARTS) is 1. The average Bonchev–Trinajstić information content (AvgIpc) is 2.82. The predicted octanol–water partition coefficient (Wildman–Crippen LogP) is 0.0871. The lowest BCUT2D eigenvalue weighted by Gasteiger charge is -2.13. The minimum Gasteiger partial charge on any atom is -0.481 e. The van der Waals surface area contributed by atoms with Crippen LogP contribution in [0.1, 0.15) is 20.3 Å². The highest BCUT2D eigenvalue weighted by Gasteiger charge is 2.25. The number of nitrogens with one attached hydrogen (secondary N) is 3. The van der Waals surface area contributed by atoms with Gasteiger partial charge in [0.15, 0.2) is 0 Å². The topological polar surface area (TPSA) is 108 Å². The summed E-state index contributed by atoms with van der Waals surface area (Å²) in [6.07, 6.45) is 3.54. The summed E-state index contributed by atoms with van der Waals surface area (Å²) < 4.78 is 0. The molecule has 0 aromatic carbocycles. The van der Waals surface area contributed by atoms with Gasteiger partial charge in [0.2, 0.25) is 5.91 Å². The second kappa shape index (κ2) is 7.52. The lowest BCUT2D eigenvalue weighted by atomic mass is 10.1. The zero-order valence-electron chi connectivity index (χ0n) is 11.7. The Hall–Kier alpha value is -2.05. The summed E-state index contributed by atoms with van der Waals surface area (Å²) >= 11 is 0. The molecule has 1 aliphatic carbocycles. The van der Waals surface area contributed by atoms with Crippen LogP contribution in [0.4, 0.5) is 4.79 Å². The van der Waals surface area contributed by atoms with Crippen molar-refractivity contribution in [3.05, 3.63) is 12.2 Å². The number of hydrogen-bond donors (Lipinski definition) is 4. The molecule has 2 atom stereocenters. The monoisotopic (exact) mass is 283 g/mol. The van der Waals surface area contributed by atoms with Crippen LogP contribution in [-0.4, -0.2) is 42.1 Å². The molecule has 0 aliphatic heterocycles. The predicted molar refractivity (Wildman–Crippen MR) is 73.1 cm³/mol. The molecule has 0 aromatic rings. The van der Waals surface area contributed by atoms with Crippen LogP contribution in [0.15, 0.2) is 12.2 Å². The Bertz CT molecular complexity index is 406. The third-order valence-electron chi connectivity index (χ3n) is 2.83. The molecule has 0 spiro atoms. The van der Waals surface area contributed by atoms with Crippen molar-refractivity contribution in [3.63, 3.8) is 0 Å². The largest absolute Gasteiger partial charge is 0.481 e. The summed E-state index contributed by atoms with van der Waals surface area (Å²) in [6, 6.07) is -0.791. The molecule has 0 aromatic heterocycles. The first-order valence-electron chi connectivity index (χ1n) is 6.60. The van der Waals surface area contributed by atoms with Crippen LogP contribution in [0.2, 0.25) is 0 Å². The number of carbonyl (C=O) groups is 3. The first-order chi connectivity index (χ1) is 9.38. The molecule has 7 heteroatoms. The SMILES string of the molecule is CC(C)CNC(=O)CNC(=O)NC1C=CC(C(=O)O)C1. The number of aliphatic carboxylic acids is 1. The van der Waals surface area contributed by atoms with Crippen molar-refractivity contribution in [1.82, 2.24) is 16.0 Å². The molecule has 0 radical (unpaired) electrons. The quantitative estimate of drug-likeness (QED) is 0.518. The Morgan fingerprint density at radius 1 is 1.25 bits per heavy atom. The number of carbonyl (C=O) groups excluding carboxylic acids is 2. The van der Waals surface area contributed by atoms with Gasteiger partial charge in [-0.2, -0.15) is 0 Å². The van der Waals surface area contributed by atoms with Crippen LogP contribution in [0.3, 0.4) is 0 Å². The van der Waals surface area contributed by atoms with Crippen molar-refractivity contribution in [3.8, 4) is 0 Å². The summed E-state index contributed by atoms with van der Waals surface area (Å²) in [5.74, 6) is -1.36. The van der Waals surface area contributed by atoms with E-state index in [4.69, 9.17) is 5.11 Å². The van der Waals surface area contributed by atoms with Crippen molar-refractivity contribution < 1.29 is 19.5 Å². The fourth-order valence-corrected chi connectivity index (χ4v) is 1.75. The number of urea groups is 1. The van der Waals surface area contributed by atoms with E-state index in [9.17, 15) is 14.4 Å². The van der Waals surface area contributed by atoms with E-state index in [2.05, 4.69) is 16.0 Å². The smallest absolute Gasteiger partial charge is 0.315 e. The summed E-state index contributed by atoms with van der Waals surface area (Å²) in [4.78, 5) is 33.7. The molecule has 20 heavy (non-hydrogen) atoms. The molecule has 112 valence electrons. The Kier molecular flexibility index (Phi) is 6.02. The lowest BCUT2D eigenvalue weighted by Crippen LogP contribution is -2.45. The average molecular weight is 283 g/mol. The van der Waals surface area contributed by atoms with Crippen molar-refractivity contribution >= 4 is 17.9 Å². The van der Waals surface area contributed by atoms with E-state index in [1.807, 2.05) is 13.8 Å². The fraction of sp³-hybridized carbons (Fsp3) is 0.615. The Morgan fingerprint density at radius 3 is 2.50 bits per heavy atom. The highest BCUT2D eigenvalue weighted by molar-refractivity contribution is 5.84. The lowest BCUT2D eigenvalue weighted by molar-refractivity contribution is -0.140. The number of amides is 3. The van der Waals surface area contributed by atoms with Gasteiger partial charge in [0.1, 0.15) is 0 Å². The van der Waals surface area contributed by atoms with E-state index in [0.29, 0.717) is 18.9 Å². The second-order valence-electron chi connectivity index (χ2n) is 5.20. The molecule has 2 unspecified atom stereocenters. The van der Waals surface area contributed by atoms with Crippen molar-refractivity contribution in [2.45, 2.75) is 26.3 Å². The van der Waals surface area contributed by atoms with Crippen LogP contribution in [0.25, 0.3) is 0 Å². The summed E-state index contributed by atoms with van der Waals surface area (Å²) in [5.41, 5.74) is 0. The molecule has 3 amide bonds. The Balaban J connectivity index is 2.20. The maximum atomic E-state index is 11.5. The molecule has 0 fully saturated rings. The van der Waals surface area contributed by atoms with Gasteiger partial charge < -0.3 is 21.1 Å². The van der Waals surface area contributed by atoms with E-state index in [-0.39, 0.29) is 18.5 Å². The first kappa shape index (κ1) is 16.0. The van der Waals surface area contributed by atoms with Gasteiger partial charge in [-0.25, -0.2) is 4.79 Å².